The summed E-state index contributed by atoms with van der Waals surface area (Å²) in [5.74, 6) is 0. The van der Waals surface area contributed by atoms with E-state index in [0.29, 0.717) is 0 Å². The van der Waals surface area contributed by atoms with E-state index in [9.17, 15) is 4.57 Å². The predicted molar refractivity (Wildman–Crippen MR) is 80.1 cm³/mol. The van der Waals surface area contributed by atoms with Crippen LogP contribution in [0.1, 0.15) is 22.3 Å². The van der Waals surface area contributed by atoms with Crippen LogP contribution in [0.4, 0.5) is 0 Å². The average molecular weight is 258 g/mol. The summed E-state index contributed by atoms with van der Waals surface area (Å²) in [6.45, 7) is 8.16. The summed E-state index contributed by atoms with van der Waals surface area (Å²) in [6, 6.07) is 12.2. The molecule has 2 aromatic carbocycles. The molecule has 0 saturated carbocycles. The summed E-state index contributed by atoms with van der Waals surface area (Å²) in [5.41, 5.74) is 4.51. The van der Waals surface area contributed by atoms with E-state index in [1.807, 2.05) is 64.1 Å². The van der Waals surface area contributed by atoms with Gasteiger partial charge in [0.25, 0.3) is 0 Å². The van der Waals surface area contributed by atoms with Crippen molar-refractivity contribution in [3.05, 3.63) is 58.7 Å². The molecule has 94 valence electrons. The maximum absolute atomic E-state index is 12.9. The zero-order valence-corrected chi connectivity index (χ0v) is 12.4. The van der Waals surface area contributed by atoms with Gasteiger partial charge in [0, 0.05) is 10.6 Å². The van der Waals surface area contributed by atoms with E-state index in [1.165, 1.54) is 0 Å². The first-order valence-electron chi connectivity index (χ1n) is 6.19. The molecule has 0 spiro atoms. The molecule has 0 saturated heterocycles. The lowest BCUT2D eigenvalue weighted by atomic mass is 10.1. The van der Waals surface area contributed by atoms with Crippen LogP contribution in [0.5, 0.6) is 0 Å². The first kappa shape index (κ1) is 13.1. The van der Waals surface area contributed by atoms with Crippen molar-refractivity contribution in [2.45, 2.75) is 27.7 Å². The van der Waals surface area contributed by atoms with Crippen molar-refractivity contribution >= 4 is 18.4 Å². The molecule has 0 bridgehead atoms. The Morgan fingerprint density at radius 1 is 0.667 bits per heavy atom. The van der Waals surface area contributed by atoms with Gasteiger partial charge in [-0.1, -0.05) is 36.4 Å². The lowest BCUT2D eigenvalue weighted by molar-refractivity contribution is 0.598. The Bertz CT molecular complexity index is 520. The highest BCUT2D eigenvalue weighted by Gasteiger charge is 2.15. The third-order valence-corrected chi connectivity index (χ3v) is 5.90. The van der Waals surface area contributed by atoms with E-state index in [0.717, 1.165) is 32.9 Å². The number of hydrogen-bond donors (Lipinski definition) is 0. The molecule has 0 amide bonds. The van der Waals surface area contributed by atoms with Crippen LogP contribution in [-0.4, -0.2) is 0 Å². The normalized spacial score (nSPS) is 10.9. The van der Waals surface area contributed by atoms with Gasteiger partial charge in [0.15, 0.2) is 0 Å². The Labute approximate surface area is 110 Å². The molecule has 0 aliphatic heterocycles. The highest BCUT2D eigenvalue weighted by atomic mass is 31.1. The lowest BCUT2D eigenvalue weighted by Gasteiger charge is -2.14. The van der Waals surface area contributed by atoms with Crippen LogP contribution in [0.25, 0.3) is 0 Å². The van der Waals surface area contributed by atoms with Crippen LogP contribution in [0.3, 0.4) is 0 Å². The first-order valence-corrected chi connectivity index (χ1v) is 7.60. The molecule has 2 rings (SSSR count). The van der Waals surface area contributed by atoms with Crippen molar-refractivity contribution in [2.75, 3.05) is 0 Å². The standard InChI is InChI=1S/C16H19OP/c1-11-7-5-8-12(2)15(11)18(17)16-13(3)9-6-10-14(16)4/h5-10,18H,1-4H3. The van der Waals surface area contributed by atoms with Gasteiger partial charge in [-0.2, -0.15) is 0 Å². The second kappa shape index (κ2) is 5.12. The molecule has 2 aromatic rings. The average Bonchev–Trinajstić information content (AvgIpc) is 2.28. The Balaban J connectivity index is 2.63. The fraction of sp³-hybridized carbons (Fsp3) is 0.250. The minimum atomic E-state index is -1.92. The van der Waals surface area contributed by atoms with Crippen LogP contribution in [0.2, 0.25) is 0 Å². The van der Waals surface area contributed by atoms with Gasteiger partial charge in [0.1, 0.15) is 7.80 Å². The summed E-state index contributed by atoms with van der Waals surface area (Å²) in [7, 11) is -1.92. The van der Waals surface area contributed by atoms with Gasteiger partial charge >= 0.3 is 0 Å². The Hall–Kier alpha value is -1.33. The maximum Gasteiger partial charge on any atom is 0.132 e. The number of rotatable bonds is 2. The number of benzene rings is 2. The topological polar surface area (TPSA) is 17.1 Å². The quantitative estimate of drug-likeness (QED) is 0.754. The summed E-state index contributed by atoms with van der Waals surface area (Å²) >= 11 is 0. The maximum atomic E-state index is 12.9. The lowest BCUT2D eigenvalue weighted by Crippen LogP contribution is -2.16. The van der Waals surface area contributed by atoms with Gasteiger partial charge < -0.3 is 4.57 Å². The van der Waals surface area contributed by atoms with Gasteiger partial charge in [0.05, 0.1) is 0 Å². The Morgan fingerprint density at radius 3 is 1.22 bits per heavy atom. The van der Waals surface area contributed by atoms with E-state index >= 15 is 0 Å². The molecule has 0 aromatic heterocycles. The molecule has 0 aliphatic carbocycles. The molecule has 0 atom stereocenters. The SMILES string of the molecule is Cc1cccc(C)c1[PH](=O)c1c(C)cccc1C. The van der Waals surface area contributed by atoms with Gasteiger partial charge in [-0.25, -0.2) is 0 Å². The molecule has 0 radical (unpaired) electrons. The van der Waals surface area contributed by atoms with Crippen molar-refractivity contribution in [1.82, 2.24) is 0 Å². The second-order valence-corrected chi connectivity index (χ2v) is 6.52. The van der Waals surface area contributed by atoms with Gasteiger partial charge in [-0.05, 0) is 49.9 Å². The third kappa shape index (κ3) is 2.28. The van der Waals surface area contributed by atoms with Crippen LogP contribution in [-0.2, 0) is 4.57 Å². The molecular formula is C16H19OP. The van der Waals surface area contributed by atoms with E-state index in [-0.39, 0.29) is 0 Å². The van der Waals surface area contributed by atoms with Crippen molar-refractivity contribution < 1.29 is 4.57 Å². The molecular weight excluding hydrogens is 239 g/mol. The Morgan fingerprint density at radius 2 is 0.944 bits per heavy atom. The smallest absolute Gasteiger partial charge is 0.132 e. The fourth-order valence-electron chi connectivity index (χ4n) is 2.47. The highest BCUT2D eigenvalue weighted by Crippen LogP contribution is 2.26. The monoisotopic (exact) mass is 258 g/mol. The van der Waals surface area contributed by atoms with E-state index < -0.39 is 7.80 Å². The van der Waals surface area contributed by atoms with Crippen molar-refractivity contribution in [3.63, 3.8) is 0 Å². The molecule has 0 heterocycles. The molecule has 0 aliphatic rings. The third-order valence-electron chi connectivity index (χ3n) is 3.42. The minimum Gasteiger partial charge on any atom is -0.317 e. The largest absolute Gasteiger partial charge is 0.317 e. The fourth-order valence-corrected chi connectivity index (χ4v) is 4.49. The predicted octanol–water partition coefficient (Wildman–Crippen LogP) is 3.43. The van der Waals surface area contributed by atoms with Gasteiger partial charge in [-0.15, -0.1) is 0 Å². The summed E-state index contributed by atoms with van der Waals surface area (Å²) in [5, 5.41) is 2.06. The van der Waals surface area contributed by atoms with Gasteiger partial charge in [0.2, 0.25) is 0 Å². The zero-order chi connectivity index (χ0) is 13.3. The summed E-state index contributed by atoms with van der Waals surface area (Å²) < 4.78 is 12.9. The zero-order valence-electron chi connectivity index (χ0n) is 11.4. The van der Waals surface area contributed by atoms with Crippen LogP contribution >= 0.6 is 7.80 Å². The van der Waals surface area contributed by atoms with E-state index in [4.69, 9.17) is 0 Å². The first-order chi connectivity index (χ1) is 8.52. The van der Waals surface area contributed by atoms with Crippen LogP contribution in [0, 0.1) is 27.7 Å². The molecule has 0 unspecified atom stereocenters. The van der Waals surface area contributed by atoms with Crippen molar-refractivity contribution in [1.29, 1.82) is 0 Å². The molecule has 0 fully saturated rings. The summed E-state index contributed by atoms with van der Waals surface area (Å²) in [6.07, 6.45) is 0. The molecule has 18 heavy (non-hydrogen) atoms. The Kier molecular flexibility index (Phi) is 3.73. The van der Waals surface area contributed by atoms with Gasteiger partial charge in [-0.3, -0.25) is 0 Å². The van der Waals surface area contributed by atoms with Crippen LogP contribution < -0.4 is 10.6 Å². The summed E-state index contributed by atoms with van der Waals surface area (Å²) in [4.78, 5) is 0. The van der Waals surface area contributed by atoms with Crippen molar-refractivity contribution in [3.8, 4) is 0 Å². The second-order valence-electron chi connectivity index (χ2n) is 4.86. The molecule has 2 heteroatoms. The van der Waals surface area contributed by atoms with E-state index in [1.54, 1.807) is 0 Å². The number of hydrogen-bond acceptors (Lipinski definition) is 1. The molecule has 1 nitrogen and oxygen atoms in total. The highest BCUT2D eigenvalue weighted by molar-refractivity contribution is 7.62. The number of aryl methyl sites for hydroxylation is 4. The van der Waals surface area contributed by atoms with Crippen LogP contribution in [0.15, 0.2) is 36.4 Å². The molecule has 0 N–H and O–H groups in total. The van der Waals surface area contributed by atoms with Crippen molar-refractivity contribution in [2.24, 2.45) is 0 Å². The van der Waals surface area contributed by atoms with E-state index in [2.05, 4.69) is 0 Å². The minimum absolute atomic E-state index is 1.03.